The standard InChI is InChI=1S/C17H9Cl2N3O5/c18-12-2-1-11(22(24)25)5-14(12)21-17(23)10(7-20)3-9-4-15-16(6-13(9)19)27-8-26-15/h1-6H,8H2,(H,21,23)/b10-3+. The third kappa shape index (κ3) is 3.95. The Kier molecular flexibility index (Phi) is 5.16. The maximum absolute atomic E-state index is 12.4. The van der Waals surface area contributed by atoms with Crippen molar-refractivity contribution in [1.29, 1.82) is 5.26 Å². The van der Waals surface area contributed by atoms with Crippen molar-refractivity contribution >= 4 is 46.6 Å². The molecule has 1 aliphatic rings. The largest absolute Gasteiger partial charge is 0.454 e. The Labute approximate surface area is 162 Å². The van der Waals surface area contributed by atoms with Crippen LogP contribution in [0.15, 0.2) is 35.9 Å². The molecule has 10 heteroatoms. The first-order chi connectivity index (χ1) is 12.9. The Balaban J connectivity index is 1.90. The average molecular weight is 406 g/mol. The molecule has 1 heterocycles. The molecular weight excluding hydrogens is 397 g/mol. The van der Waals surface area contributed by atoms with Crippen LogP contribution in [-0.2, 0) is 4.79 Å². The number of nitrogens with zero attached hydrogens (tertiary/aromatic N) is 2. The first-order valence-corrected chi connectivity index (χ1v) is 8.11. The van der Waals surface area contributed by atoms with E-state index in [0.29, 0.717) is 17.1 Å². The van der Waals surface area contributed by atoms with Gasteiger partial charge in [-0.15, -0.1) is 0 Å². The fraction of sp³-hybridized carbons (Fsp3) is 0.0588. The van der Waals surface area contributed by atoms with Crippen LogP contribution >= 0.6 is 23.2 Å². The highest BCUT2D eigenvalue weighted by Crippen LogP contribution is 2.37. The number of ether oxygens (including phenoxy) is 2. The van der Waals surface area contributed by atoms with Gasteiger partial charge in [-0.1, -0.05) is 23.2 Å². The minimum absolute atomic E-state index is 0.00815. The number of non-ortho nitro benzene ring substituents is 1. The van der Waals surface area contributed by atoms with Gasteiger partial charge in [0.2, 0.25) is 6.79 Å². The average Bonchev–Trinajstić information content (AvgIpc) is 3.08. The highest BCUT2D eigenvalue weighted by molar-refractivity contribution is 6.34. The first kappa shape index (κ1) is 18.5. The number of nitriles is 1. The van der Waals surface area contributed by atoms with Gasteiger partial charge in [-0.3, -0.25) is 14.9 Å². The van der Waals surface area contributed by atoms with E-state index in [-0.39, 0.29) is 33.8 Å². The summed E-state index contributed by atoms with van der Waals surface area (Å²) < 4.78 is 10.4. The molecule has 3 rings (SSSR count). The van der Waals surface area contributed by atoms with E-state index >= 15 is 0 Å². The van der Waals surface area contributed by atoms with Crippen molar-refractivity contribution in [2.75, 3.05) is 12.1 Å². The lowest BCUT2D eigenvalue weighted by Gasteiger charge is -2.07. The third-order valence-electron chi connectivity index (χ3n) is 3.57. The zero-order valence-corrected chi connectivity index (χ0v) is 14.9. The molecule has 0 spiro atoms. The van der Waals surface area contributed by atoms with Crippen molar-refractivity contribution < 1.29 is 19.2 Å². The molecule has 2 aromatic carbocycles. The number of hydrogen-bond acceptors (Lipinski definition) is 6. The zero-order valence-electron chi connectivity index (χ0n) is 13.4. The van der Waals surface area contributed by atoms with E-state index < -0.39 is 10.8 Å². The second-order valence-electron chi connectivity index (χ2n) is 5.27. The van der Waals surface area contributed by atoms with Crippen molar-refractivity contribution in [3.05, 3.63) is 61.6 Å². The number of fused-ring (bicyclic) bond motifs is 1. The number of benzene rings is 2. The Morgan fingerprint density at radius 2 is 1.93 bits per heavy atom. The van der Waals surface area contributed by atoms with Gasteiger partial charge in [0.05, 0.1) is 20.7 Å². The Hall–Kier alpha value is -3.28. The lowest BCUT2D eigenvalue weighted by atomic mass is 10.1. The summed E-state index contributed by atoms with van der Waals surface area (Å²) in [6.45, 7) is 0.0513. The molecule has 0 unspecified atom stereocenters. The second-order valence-corrected chi connectivity index (χ2v) is 6.09. The van der Waals surface area contributed by atoms with Crippen LogP contribution in [0, 0.1) is 21.4 Å². The maximum atomic E-state index is 12.4. The third-order valence-corrected chi connectivity index (χ3v) is 4.22. The highest BCUT2D eigenvalue weighted by Gasteiger charge is 2.18. The predicted molar refractivity (Wildman–Crippen MR) is 97.9 cm³/mol. The number of nitro groups is 1. The number of carbonyl (C=O) groups is 1. The molecule has 1 N–H and O–H groups in total. The molecule has 0 atom stereocenters. The molecule has 0 saturated carbocycles. The Bertz CT molecular complexity index is 1030. The van der Waals surface area contributed by atoms with Gasteiger partial charge in [-0.25, -0.2) is 0 Å². The number of nitro benzene ring substituents is 1. The normalized spacial score (nSPS) is 12.4. The van der Waals surface area contributed by atoms with Crippen LogP contribution in [0.4, 0.5) is 11.4 Å². The predicted octanol–water partition coefficient (Wildman–Crippen LogP) is 4.18. The molecule has 0 aliphatic carbocycles. The van der Waals surface area contributed by atoms with E-state index in [1.807, 2.05) is 0 Å². The van der Waals surface area contributed by atoms with Crippen molar-refractivity contribution in [2.24, 2.45) is 0 Å². The van der Waals surface area contributed by atoms with E-state index in [4.69, 9.17) is 32.7 Å². The molecule has 0 saturated heterocycles. The fourth-order valence-electron chi connectivity index (χ4n) is 2.26. The fourth-order valence-corrected chi connectivity index (χ4v) is 2.63. The summed E-state index contributed by atoms with van der Waals surface area (Å²) in [5.74, 6) is 0.0993. The first-order valence-electron chi connectivity index (χ1n) is 7.35. The Morgan fingerprint density at radius 1 is 1.22 bits per heavy atom. The maximum Gasteiger partial charge on any atom is 0.271 e. The van der Waals surface area contributed by atoms with Gasteiger partial charge in [0.25, 0.3) is 11.6 Å². The van der Waals surface area contributed by atoms with Crippen LogP contribution in [-0.4, -0.2) is 17.6 Å². The van der Waals surface area contributed by atoms with Crippen molar-refractivity contribution in [2.45, 2.75) is 0 Å². The molecule has 1 amide bonds. The topological polar surface area (TPSA) is 114 Å². The van der Waals surface area contributed by atoms with Crippen LogP contribution < -0.4 is 14.8 Å². The Morgan fingerprint density at radius 3 is 2.59 bits per heavy atom. The molecule has 0 bridgehead atoms. The summed E-state index contributed by atoms with van der Waals surface area (Å²) in [7, 11) is 0. The van der Waals surface area contributed by atoms with Crippen LogP contribution in [0.5, 0.6) is 11.5 Å². The van der Waals surface area contributed by atoms with E-state index in [9.17, 15) is 20.2 Å². The molecule has 0 fully saturated rings. The van der Waals surface area contributed by atoms with Crippen molar-refractivity contribution in [1.82, 2.24) is 0 Å². The minimum Gasteiger partial charge on any atom is -0.454 e. The van der Waals surface area contributed by atoms with Crippen molar-refractivity contribution in [3.8, 4) is 17.6 Å². The van der Waals surface area contributed by atoms with E-state index in [1.54, 1.807) is 6.07 Å². The second kappa shape index (κ2) is 7.53. The summed E-state index contributed by atoms with van der Waals surface area (Å²) in [6.07, 6.45) is 1.27. The van der Waals surface area contributed by atoms with Crippen LogP contribution in [0.3, 0.4) is 0 Å². The SMILES string of the molecule is N#C/C(=C\c1cc2c(cc1Cl)OCO2)C(=O)Nc1cc([N+](=O)[O-])ccc1Cl. The van der Waals surface area contributed by atoms with Crippen LogP contribution in [0.2, 0.25) is 10.0 Å². The summed E-state index contributed by atoms with van der Waals surface area (Å²) in [5, 5.41) is 22.9. The lowest BCUT2D eigenvalue weighted by Crippen LogP contribution is -2.14. The van der Waals surface area contributed by atoms with E-state index in [0.717, 1.165) is 6.07 Å². The molecule has 1 aliphatic heterocycles. The number of hydrogen-bond donors (Lipinski definition) is 1. The number of rotatable bonds is 4. The lowest BCUT2D eigenvalue weighted by molar-refractivity contribution is -0.384. The van der Waals surface area contributed by atoms with Gasteiger partial charge in [0, 0.05) is 18.2 Å². The zero-order chi connectivity index (χ0) is 19.6. The van der Waals surface area contributed by atoms with E-state index in [2.05, 4.69) is 5.32 Å². The van der Waals surface area contributed by atoms with E-state index in [1.165, 1.54) is 30.3 Å². The summed E-state index contributed by atoms with van der Waals surface area (Å²) in [5.41, 5.74) is -0.152. The van der Waals surface area contributed by atoms with Crippen LogP contribution in [0.1, 0.15) is 5.56 Å². The molecule has 0 radical (unpaired) electrons. The molecular formula is C17H9Cl2N3O5. The number of anilines is 1. The molecule has 136 valence electrons. The smallest absolute Gasteiger partial charge is 0.271 e. The van der Waals surface area contributed by atoms with Crippen molar-refractivity contribution in [3.63, 3.8) is 0 Å². The van der Waals surface area contributed by atoms with Crippen LogP contribution in [0.25, 0.3) is 6.08 Å². The molecule has 0 aromatic heterocycles. The number of nitrogens with one attached hydrogen (secondary N) is 1. The van der Waals surface area contributed by atoms with Gasteiger partial charge in [0.15, 0.2) is 11.5 Å². The van der Waals surface area contributed by atoms with Gasteiger partial charge in [-0.05, 0) is 23.8 Å². The van der Waals surface area contributed by atoms with Gasteiger partial charge >= 0.3 is 0 Å². The minimum atomic E-state index is -0.798. The molecule has 8 nitrogen and oxygen atoms in total. The summed E-state index contributed by atoms with van der Waals surface area (Å²) in [6, 6.07) is 8.39. The van der Waals surface area contributed by atoms with Gasteiger partial charge in [0.1, 0.15) is 11.6 Å². The summed E-state index contributed by atoms with van der Waals surface area (Å²) >= 11 is 12.1. The number of carbonyl (C=O) groups excluding carboxylic acids is 1. The highest BCUT2D eigenvalue weighted by atomic mass is 35.5. The summed E-state index contributed by atoms with van der Waals surface area (Å²) in [4.78, 5) is 22.6. The number of halogens is 2. The van der Waals surface area contributed by atoms with Gasteiger partial charge < -0.3 is 14.8 Å². The number of amides is 1. The molecule has 27 heavy (non-hydrogen) atoms. The monoisotopic (exact) mass is 405 g/mol. The molecule has 2 aromatic rings. The quantitative estimate of drug-likeness (QED) is 0.353. The van der Waals surface area contributed by atoms with Gasteiger partial charge in [-0.2, -0.15) is 5.26 Å².